The summed E-state index contributed by atoms with van der Waals surface area (Å²) in [4.78, 5) is 15.5. The molecule has 1 aromatic carbocycles. The number of allylic oxidation sites excluding steroid dienone is 1. The number of benzene rings is 1. The zero-order chi connectivity index (χ0) is 19.4. The lowest BCUT2D eigenvalue weighted by Gasteiger charge is -2.44. The van der Waals surface area contributed by atoms with Gasteiger partial charge in [0.2, 0.25) is 5.91 Å². The van der Waals surface area contributed by atoms with Crippen molar-refractivity contribution in [2.75, 3.05) is 12.3 Å². The molecule has 1 heterocycles. The number of carbonyl (C=O) groups excluding carboxylic acids is 1. The van der Waals surface area contributed by atoms with Crippen LogP contribution in [0.15, 0.2) is 36.9 Å². The molecule has 1 N–H and O–H groups in total. The lowest BCUT2D eigenvalue weighted by molar-refractivity contribution is -0.145. The highest BCUT2D eigenvalue weighted by Gasteiger charge is 2.44. The van der Waals surface area contributed by atoms with Crippen LogP contribution in [0.3, 0.4) is 0 Å². The minimum absolute atomic E-state index is 0.00368. The van der Waals surface area contributed by atoms with Crippen molar-refractivity contribution in [2.24, 2.45) is 11.8 Å². The molecule has 1 aliphatic heterocycles. The van der Waals surface area contributed by atoms with Gasteiger partial charge in [0.15, 0.2) is 0 Å². The highest BCUT2D eigenvalue weighted by Crippen LogP contribution is 2.43. The van der Waals surface area contributed by atoms with Crippen molar-refractivity contribution >= 4 is 28.5 Å². The minimum atomic E-state index is -1.04. The number of nitrogens with one attached hydrogen (secondary N) is 1. The Balaban J connectivity index is 1.88. The van der Waals surface area contributed by atoms with Crippen molar-refractivity contribution < 1.29 is 9.00 Å². The maximum absolute atomic E-state index is 13.4. The highest BCUT2D eigenvalue weighted by molar-refractivity contribution is 7.82. The normalized spacial score (nSPS) is 25.3. The first-order valence-electron chi connectivity index (χ1n) is 9.85. The Kier molecular flexibility index (Phi) is 7.12. The summed E-state index contributed by atoms with van der Waals surface area (Å²) in [6.45, 7) is 6.31. The zero-order valence-electron chi connectivity index (χ0n) is 15.9. The fraction of sp³-hybridized carbons (Fsp3) is 0.571. The topological polar surface area (TPSA) is 49.4 Å². The van der Waals surface area contributed by atoms with E-state index in [1.807, 2.05) is 37.3 Å². The van der Waals surface area contributed by atoms with Crippen LogP contribution in [0.5, 0.6) is 0 Å². The van der Waals surface area contributed by atoms with E-state index in [4.69, 9.17) is 11.6 Å². The number of likely N-dealkylation sites (tertiary alicyclic amines) is 1. The lowest BCUT2D eigenvalue weighted by Crippen LogP contribution is -2.53. The largest absolute Gasteiger partial charge is 0.331 e. The molecule has 2 fully saturated rings. The molecule has 0 radical (unpaired) electrons. The summed E-state index contributed by atoms with van der Waals surface area (Å²) in [5, 5.41) is 0.704. The van der Waals surface area contributed by atoms with Crippen LogP contribution in [0.2, 0.25) is 5.02 Å². The van der Waals surface area contributed by atoms with Gasteiger partial charge in [-0.05, 0) is 55.7 Å². The van der Waals surface area contributed by atoms with Crippen molar-refractivity contribution in [3.8, 4) is 0 Å². The third-order valence-electron chi connectivity index (χ3n) is 5.67. The molecular weight excluding hydrogens is 380 g/mol. The fourth-order valence-corrected chi connectivity index (χ4v) is 4.75. The second-order valence-electron chi connectivity index (χ2n) is 7.50. The number of carbonyl (C=O) groups is 1. The van der Waals surface area contributed by atoms with Gasteiger partial charge >= 0.3 is 0 Å². The second kappa shape index (κ2) is 9.35. The monoisotopic (exact) mass is 408 g/mol. The average Bonchev–Trinajstić information content (AvgIpc) is 3.50. The summed E-state index contributed by atoms with van der Waals surface area (Å²) < 4.78 is 15.1. The maximum Gasteiger partial charge on any atom is 0.226 e. The molecule has 2 aliphatic rings. The molecular formula is C21H29ClN2O2S. The molecule has 0 bridgehead atoms. The van der Waals surface area contributed by atoms with E-state index in [2.05, 4.69) is 16.2 Å². The highest BCUT2D eigenvalue weighted by atomic mass is 35.5. The zero-order valence-corrected chi connectivity index (χ0v) is 17.5. The van der Waals surface area contributed by atoms with E-state index >= 15 is 0 Å². The van der Waals surface area contributed by atoms with Crippen molar-refractivity contribution in [1.82, 2.24) is 9.62 Å². The van der Waals surface area contributed by atoms with E-state index in [-0.39, 0.29) is 23.9 Å². The fourth-order valence-electron chi connectivity index (χ4n) is 4.07. The van der Waals surface area contributed by atoms with Gasteiger partial charge in [0, 0.05) is 29.3 Å². The summed E-state index contributed by atoms with van der Waals surface area (Å²) in [6.07, 6.45) is 6.64. The molecule has 1 amide bonds. The van der Waals surface area contributed by atoms with Crippen LogP contribution < -0.4 is 4.72 Å². The van der Waals surface area contributed by atoms with Gasteiger partial charge in [0.05, 0.1) is 17.0 Å². The predicted molar refractivity (Wildman–Crippen MR) is 112 cm³/mol. The first kappa shape index (κ1) is 20.6. The van der Waals surface area contributed by atoms with Crippen LogP contribution >= 0.6 is 11.6 Å². The van der Waals surface area contributed by atoms with E-state index in [0.717, 1.165) is 31.2 Å². The van der Waals surface area contributed by atoms with Gasteiger partial charge in [-0.15, -0.1) is 6.58 Å². The molecule has 6 heteroatoms. The van der Waals surface area contributed by atoms with E-state index < -0.39 is 11.0 Å². The Morgan fingerprint density at radius 3 is 2.59 bits per heavy atom. The van der Waals surface area contributed by atoms with Gasteiger partial charge in [-0.1, -0.05) is 36.7 Å². The van der Waals surface area contributed by atoms with E-state index in [1.165, 1.54) is 0 Å². The van der Waals surface area contributed by atoms with E-state index in [1.54, 1.807) is 0 Å². The molecule has 3 rings (SSSR count). The number of nitrogens with zero attached hydrogens (tertiary/aromatic N) is 1. The molecule has 2 unspecified atom stereocenters. The minimum Gasteiger partial charge on any atom is -0.331 e. The van der Waals surface area contributed by atoms with Gasteiger partial charge in [-0.2, -0.15) is 0 Å². The van der Waals surface area contributed by atoms with Crippen LogP contribution in [-0.2, 0) is 15.8 Å². The summed E-state index contributed by atoms with van der Waals surface area (Å²) in [5.41, 5.74) is 1.13. The molecule has 27 heavy (non-hydrogen) atoms. The molecule has 1 aromatic rings. The number of amides is 1. The third-order valence-corrected chi connectivity index (χ3v) is 6.94. The summed E-state index contributed by atoms with van der Waals surface area (Å²) in [7, 11) is -1.04. The molecule has 0 spiro atoms. The first-order chi connectivity index (χ1) is 13.0. The Morgan fingerprint density at radius 1 is 1.30 bits per heavy atom. The smallest absolute Gasteiger partial charge is 0.226 e. The van der Waals surface area contributed by atoms with Crippen molar-refractivity contribution in [3.05, 3.63) is 47.5 Å². The van der Waals surface area contributed by atoms with Crippen molar-refractivity contribution in [3.63, 3.8) is 0 Å². The van der Waals surface area contributed by atoms with Crippen LogP contribution in [0.4, 0.5) is 0 Å². The SMILES string of the molecule is C=CC[C@H]1CC[C@@H](c2ccc(Cl)cc2)N(C(CNS(=O)CC)C2CC2)C1=O. The summed E-state index contributed by atoms with van der Waals surface area (Å²) >= 11 is 6.07. The second-order valence-corrected chi connectivity index (χ2v) is 9.49. The Morgan fingerprint density at radius 2 is 2.00 bits per heavy atom. The molecule has 1 aliphatic carbocycles. The molecule has 4 atom stereocenters. The van der Waals surface area contributed by atoms with Crippen LogP contribution in [0.1, 0.15) is 50.6 Å². The first-order valence-corrected chi connectivity index (χ1v) is 11.5. The average molecular weight is 409 g/mol. The van der Waals surface area contributed by atoms with Gasteiger partial charge in [-0.3, -0.25) is 4.79 Å². The van der Waals surface area contributed by atoms with Crippen LogP contribution in [-0.4, -0.2) is 33.4 Å². The molecule has 148 valence electrons. The van der Waals surface area contributed by atoms with Gasteiger partial charge in [0.25, 0.3) is 0 Å². The van der Waals surface area contributed by atoms with Gasteiger partial charge in [-0.25, -0.2) is 8.93 Å². The van der Waals surface area contributed by atoms with E-state index in [0.29, 0.717) is 29.7 Å². The lowest BCUT2D eigenvalue weighted by atomic mass is 9.85. The van der Waals surface area contributed by atoms with E-state index in [9.17, 15) is 9.00 Å². The standard InChI is InChI=1S/C21H29ClN2O2S/c1-3-5-17-10-13-19(15-8-11-18(22)12-9-15)24(21(17)25)20(16-6-7-16)14-23-27(26)4-2/h3,8-9,11-12,16-17,19-20,23H,1,4-7,10,13-14H2,2H3/t17-,19-,20?,27?/m0/s1. The van der Waals surface area contributed by atoms with Gasteiger partial charge < -0.3 is 4.90 Å². The number of halogens is 1. The Labute approximate surface area is 169 Å². The maximum atomic E-state index is 13.4. The van der Waals surface area contributed by atoms with Crippen LogP contribution in [0, 0.1) is 11.8 Å². The number of piperidine rings is 1. The third kappa shape index (κ3) is 5.01. The molecule has 1 saturated carbocycles. The summed E-state index contributed by atoms with van der Waals surface area (Å²) in [6, 6.07) is 7.99. The summed E-state index contributed by atoms with van der Waals surface area (Å²) in [5.74, 6) is 1.28. The number of rotatable bonds is 9. The van der Waals surface area contributed by atoms with Crippen LogP contribution in [0.25, 0.3) is 0 Å². The number of hydrogen-bond donors (Lipinski definition) is 1. The predicted octanol–water partition coefficient (Wildman–Crippen LogP) is 4.25. The molecule has 0 aromatic heterocycles. The molecule has 1 saturated heterocycles. The Bertz CT molecular complexity index is 690. The quantitative estimate of drug-likeness (QED) is 0.621. The van der Waals surface area contributed by atoms with Crippen molar-refractivity contribution in [2.45, 2.75) is 51.1 Å². The molecule has 4 nitrogen and oxygen atoms in total. The van der Waals surface area contributed by atoms with Gasteiger partial charge in [0.1, 0.15) is 0 Å². The van der Waals surface area contributed by atoms with Crippen molar-refractivity contribution in [1.29, 1.82) is 0 Å². The number of hydrogen-bond acceptors (Lipinski definition) is 2. The Hall–Kier alpha value is -1.17.